The molecule has 0 unspecified atom stereocenters. The van der Waals surface area contributed by atoms with Crippen molar-refractivity contribution in [1.29, 1.82) is 0 Å². The van der Waals surface area contributed by atoms with Crippen LogP contribution in [0, 0.1) is 11.8 Å². The second kappa shape index (κ2) is 9.03. The summed E-state index contributed by atoms with van der Waals surface area (Å²) in [5, 5.41) is 3.03. The molecule has 5 nitrogen and oxygen atoms in total. The van der Waals surface area contributed by atoms with Crippen LogP contribution in [0.4, 0.5) is 0 Å². The summed E-state index contributed by atoms with van der Waals surface area (Å²) in [6.45, 7) is 13.2. The monoisotopic (exact) mass is 297 g/mol. The highest BCUT2D eigenvalue weighted by Crippen LogP contribution is 2.18. The third kappa shape index (κ3) is 5.65. The molecule has 0 spiro atoms. The zero-order valence-corrected chi connectivity index (χ0v) is 14.0. The molecule has 0 aromatic heterocycles. The van der Waals surface area contributed by atoms with E-state index in [9.17, 15) is 9.59 Å². The van der Waals surface area contributed by atoms with Crippen LogP contribution < -0.4 is 5.32 Å². The molecule has 1 saturated heterocycles. The SMILES string of the molecule is CCN(CC)CCNC(=O)C1CCN(C(=O)C(C)C)CC1. The van der Waals surface area contributed by atoms with Gasteiger partial charge in [0.15, 0.2) is 0 Å². The summed E-state index contributed by atoms with van der Waals surface area (Å²) < 4.78 is 0. The maximum Gasteiger partial charge on any atom is 0.225 e. The molecule has 1 aliphatic heterocycles. The van der Waals surface area contributed by atoms with Crippen molar-refractivity contribution in [3.8, 4) is 0 Å². The van der Waals surface area contributed by atoms with Gasteiger partial charge in [0.1, 0.15) is 0 Å². The molecule has 0 aliphatic carbocycles. The van der Waals surface area contributed by atoms with Gasteiger partial charge in [0.05, 0.1) is 0 Å². The van der Waals surface area contributed by atoms with Crippen molar-refractivity contribution in [2.24, 2.45) is 11.8 Å². The van der Waals surface area contributed by atoms with E-state index in [0.29, 0.717) is 19.6 Å². The number of hydrogen-bond donors (Lipinski definition) is 1. The average molecular weight is 297 g/mol. The molecule has 21 heavy (non-hydrogen) atoms. The van der Waals surface area contributed by atoms with Crippen LogP contribution in [0.2, 0.25) is 0 Å². The maximum atomic E-state index is 12.1. The number of nitrogens with one attached hydrogen (secondary N) is 1. The number of nitrogens with zero attached hydrogens (tertiary/aromatic N) is 2. The Morgan fingerprint density at radius 3 is 2.24 bits per heavy atom. The van der Waals surface area contributed by atoms with E-state index in [2.05, 4.69) is 24.1 Å². The van der Waals surface area contributed by atoms with Crippen molar-refractivity contribution in [1.82, 2.24) is 15.1 Å². The fraction of sp³-hybridized carbons (Fsp3) is 0.875. The van der Waals surface area contributed by atoms with Crippen molar-refractivity contribution in [2.75, 3.05) is 39.3 Å². The maximum absolute atomic E-state index is 12.1. The van der Waals surface area contributed by atoms with Crippen molar-refractivity contribution in [3.05, 3.63) is 0 Å². The van der Waals surface area contributed by atoms with E-state index in [1.54, 1.807) is 0 Å². The van der Waals surface area contributed by atoms with E-state index >= 15 is 0 Å². The Bertz CT molecular complexity index is 332. The number of piperidine rings is 1. The van der Waals surface area contributed by atoms with Gasteiger partial charge in [-0.05, 0) is 25.9 Å². The molecular weight excluding hydrogens is 266 g/mol. The molecule has 1 rings (SSSR count). The van der Waals surface area contributed by atoms with E-state index in [0.717, 1.165) is 32.5 Å². The van der Waals surface area contributed by atoms with Gasteiger partial charge in [-0.25, -0.2) is 0 Å². The molecule has 0 aromatic carbocycles. The number of likely N-dealkylation sites (N-methyl/N-ethyl adjacent to an activating group) is 1. The molecule has 122 valence electrons. The van der Waals surface area contributed by atoms with Gasteiger partial charge < -0.3 is 15.1 Å². The number of carbonyl (C=O) groups excluding carboxylic acids is 2. The molecule has 5 heteroatoms. The van der Waals surface area contributed by atoms with Gasteiger partial charge in [-0.15, -0.1) is 0 Å². The average Bonchev–Trinajstić information content (AvgIpc) is 2.50. The first-order valence-corrected chi connectivity index (χ1v) is 8.28. The normalized spacial score (nSPS) is 16.6. The van der Waals surface area contributed by atoms with Crippen molar-refractivity contribution >= 4 is 11.8 Å². The lowest BCUT2D eigenvalue weighted by atomic mass is 9.95. The highest BCUT2D eigenvalue weighted by molar-refractivity contribution is 5.80. The zero-order chi connectivity index (χ0) is 15.8. The molecule has 0 saturated carbocycles. The molecule has 0 atom stereocenters. The van der Waals surface area contributed by atoms with Crippen LogP contribution in [0.3, 0.4) is 0 Å². The lowest BCUT2D eigenvalue weighted by Crippen LogP contribution is -2.45. The lowest BCUT2D eigenvalue weighted by Gasteiger charge is -2.32. The van der Waals surface area contributed by atoms with Crippen molar-refractivity contribution in [3.63, 3.8) is 0 Å². The highest BCUT2D eigenvalue weighted by Gasteiger charge is 2.27. The van der Waals surface area contributed by atoms with Crippen LogP contribution >= 0.6 is 0 Å². The minimum atomic E-state index is 0.0458. The summed E-state index contributed by atoms with van der Waals surface area (Å²) in [5.74, 6) is 0.469. The number of carbonyl (C=O) groups is 2. The molecule has 1 N–H and O–H groups in total. The topological polar surface area (TPSA) is 52.7 Å². The Morgan fingerprint density at radius 1 is 1.19 bits per heavy atom. The summed E-state index contributed by atoms with van der Waals surface area (Å²) in [4.78, 5) is 28.2. The number of amides is 2. The zero-order valence-electron chi connectivity index (χ0n) is 14.0. The molecule has 0 bridgehead atoms. The van der Waals surface area contributed by atoms with Crippen LogP contribution in [0.1, 0.15) is 40.5 Å². The third-order valence-corrected chi connectivity index (χ3v) is 4.29. The highest BCUT2D eigenvalue weighted by atomic mass is 16.2. The molecule has 0 radical (unpaired) electrons. The Kier molecular flexibility index (Phi) is 7.72. The first-order chi connectivity index (χ1) is 9.99. The predicted molar refractivity (Wildman–Crippen MR) is 84.9 cm³/mol. The molecule has 1 aliphatic rings. The second-order valence-corrected chi connectivity index (χ2v) is 6.07. The van der Waals surface area contributed by atoms with Crippen molar-refractivity contribution < 1.29 is 9.59 Å². The summed E-state index contributed by atoms with van der Waals surface area (Å²) >= 11 is 0. The minimum absolute atomic E-state index is 0.0458. The Hall–Kier alpha value is -1.10. The van der Waals surface area contributed by atoms with Gasteiger partial charge >= 0.3 is 0 Å². The smallest absolute Gasteiger partial charge is 0.225 e. The summed E-state index contributed by atoms with van der Waals surface area (Å²) in [6.07, 6.45) is 1.57. The Morgan fingerprint density at radius 2 is 1.76 bits per heavy atom. The van der Waals surface area contributed by atoms with Crippen molar-refractivity contribution in [2.45, 2.75) is 40.5 Å². The summed E-state index contributed by atoms with van der Waals surface area (Å²) in [6, 6.07) is 0. The van der Waals surface area contributed by atoms with Crippen LogP contribution in [0.25, 0.3) is 0 Å². The van der Waals surface area contributed by atoms with Gasteiger partial charge in [0, 0.05) is 38.0 Å². The van der Waals surface area contributed by atoms with Gasteiger partial charge in [-0.3, -0.25) is 9.59 Å². The third-order valence-electron chi connectivity index (χ3n) is 4.29. The number of rotatable bonds is 7. The summed E-state index contributed by atoms with van der Waals surface area (Å²) in [7, 11) is 0. The largest absolute Gasteiger partial charge is 0.355 e. The van der Waals surface area contributed by atoms with Crippen LogP contribution in [-0.4, -0.2) is 60.9 Å². The predicted octanol–water partition coefficient (Wildman–Crippen LogP) is 1.34. The number of likely N-dealkylation sites (tertiary alicyclic amines) is 1. The fourth-order valence-corrected chi connectivity index (χ4v) is 2.75. The van der Waals surface area contributed by atoms with E-state index in [4.69, 9.17) is 0 Å². The van der Waals surface area contributed by atoms with E-state index in [1.165, 1.54) is 0 Å². The molecule has 2 amide bonds. The Labute approximate surface area is 129 Å². The first-order valence-electron chi connectivity index (χ1n) is 8.28. The van der Waals surface area contributed by atoms with Crippen LogP contribution in [0.15, 0.2) is 0 Å². The standard InChI is InChI=1S/C16H31N3O2/c1-5-18(6-2)12-9-17-15(20)14-7-10-19(11-8-14)16(21)13(3)4/h13-14H,5-12H2,1-4H3,(H,17,20). The minimum Gasteiger partial charge on any atom is -0.355 e. The van der Waals surface area contributed by atoms with Crippen LogP contribution in [0.5, 0.6) is 0 Å². The van der Waals surface area contributed by atoms with E-state index in [1.807, 2.05) is 18.7 Å². The molecule has 1 heterocycles. The quantitative estimate of drug-likeness (QED) is 0.771. The molecule has 1 fully saturated rings. The van der Waals surface area contributed by atoms with Gasteiger partial charge in [-0.1, -0.05) is 27.7 Å². The van der Waals surface area contributed by atoms with Crippen LogP contribution in [-0.2, 0) is 9.59 Å². The Balaban J connectivity index is 2.27. The second-order valence-electron chi connectivity index (χ2n) is 6.07. The van der Waals surface area contributed by atoms with E-state index < -0.39 is 0 Å². The molecule has 0 aromatic rings. The van der Waals surface area contributed by atoms with E-state index in [-0.39, 0.29) is 23.7 Å². The van der Waals surface area contributed by atoms with Gasteiger partial charge in [-0.2, -0.15) is 0 Å². The fourth-order valence-electron chi connectivity index (χ4n) is 2.75. The van der Waals surface area contributed by atoms with Gasteiger partial charge in [0.2, 0.25) is 11.8 Å². The number of hydrogen-bond acceptors (Lipinski definition) is 3. The van der Waals surface area contributed by atoms with Gasteiger partial charge in [0.25, 0.3) is 0 Å². The molecular formula is C16H31N3O2. The first kappa shape index (κ1) is 18.0. The lowest BCUT2D eigenvalue weighted by molar-refractivity contribution is -0.138. The summed E-state index contributed by atoms with van der Waals surface area (Å²) in [5.41, 5.74) is 0.